The van der Waals surface area contributed by atoms with Crippen LogP contribution in [0, 0.1) is 11.8 Å². The molecule has 0 aromatic carbocycles. The van der Waals surface area contributed by atoms with Crippen molar-refractivity contribution < 1.29 is 23.1 Å². The van der Waals surface area contributed by atoms with E-state index >= 15 is 0 Å². The lowest BCUT2D eigenvalue weighted by atomic mass is 10.2. The molecule has 0 bridgehead atoms. The fraction of sp³-hybridized carbons (Fsp3) is 0.364. The number of rotatable bonds is 5. The Morgan fingerprint density at radius 2 is 2.17 bits per heavy atom. The summed E-state index contributed by atoms with van der Waals surface area (Å²) in [7, 11) is 1.26. The number of carbonyl (C=O) groups excluding carboxylic acids is 2. The van der Waals surface area contributed by atoms with Crippen molar-refractivity contribution in [3.63, 3.8) is 0 Å². The quantitative estimate of drug-likeness (QED) is 0.487. The summed E-state index contributed by atoms with van der Waals surface area (Å²) in [5, 5.41) is 2.37. The molecule has 18 heavy (non-hydrogen) atoms. The normalized spacial score (nSPS) is 9.94. The summed E-state index contributed by atoms with van der Waals surface area (Å²) in [6.07, 6.45) is 1.50. The van der Waals surface area contributed by atoms with E-state index in [1.807, 2.05) is 0 Å². The van der Waals surface area contributed by atoms with Crippen molar-refractivity contribution in [2.24, 2.45) is 0 Å². The molecule has 1 N–H and O–H groups in total. The molecule has 0 atom stereocenters. The average Bonchev–Trinajstić information content (AvgIpc) is 2.37. The third-order valence-corrected chi connectivity index (χ3v) is 2.16. The number of amides is 1. The molecule has 0 radical (unpaired) electrons. The molecule has 1 amide bonds. The number of methoxy groups -OCH3 is 1. The molecule has 5 nitrogen and oxygen atoms in total. The summed E-state index contributed by atoms with van der Waals surface area (Å²) >= 11 is 0. The fourth-order valence-corrected chi connectivity index (χ4v) is 1.23. The number of aromatic nitrogens is 1. The van der Waals surface area contributed by atoms with Gasteiger partial charge in [0.2, 0.25) is 5.95 Å². The molecule has 0 aliphatic rings. The second-order valence-corrected chi connectivity index (χ2v) is 3.40. The highest BCUT2D eigenvalue weighted by molar-refractivity contribution is 5.94. The summed E-state index contributed by atoms with van der Waals surface area (Å²) in [6.45, 7) is 0.164. The Balaban J connectivity index is 2.46. The van der Waals surface area contributed by atoms with E-state index < -0.39 is 29.2 Å². The van der Waals surface area contributed by atoms with Crippen LogP contribution in [0.25, 0.3) is 0 Å². The van der Waals surface area contributed by atoms with Gasteiger partial charge in [0.05, 0.1) is 12.7 Å². The zero-order valence-corrected chi connectivity index (χ0v) is 9.70. The van der Waals surface area contributed by atoms with Gasteiger partial charge in [-0.25, -0.2) is 9.37 Å². The lowest BCUT2D eigenvalue weighted by Gasteiger charge is -2.05. The van der Waals surface area contributed by atoms with Gasteiger partial charge in [-0.2, -0.15) is 4.39 Å². The van der Waals surface area contributed by atoms with E-state index in [2.05, 4.69) is 15.0 Å². The number of hydrogen-bond donors (Lipinski definition) is 1. The van der Waals surface area contributed by atoms with Crippen molar-refractivity contribution in [3.05, 3.63) is 29.6 Å². The molecule has 0 aliphatic carbocycles. The average molecular weight is 258 g/mol. The van der Waals surface area contributed by atoms with E-state index in [1.165, 1.54) is 7.11 Å². The van der Waals surface area contributed by atoms with E-state index in [-0.39, 0.29) is 13.0 Å². The first kappa shape index (κ1) is 14.0. The molecular weight excluding hydrogens is 246 g/mol. The van der Waals surface area contributed by atoms with Gasteiger partial charge in [0.25, 0.3) is 5.91 Å². The highest BCUT2D eigenvalue weighted by Gasteiger charge is 2.15. The van der Waals surface area contributed by atoms with Crippen LogP contribution in [-0.4, -0.2) is 30.5 Å². The number of esters is 1. The number of hydrogen-bond acceptors (Lipinski definition) is 4. The van der Waals surface area contributed by atoms with Gasteiger partial charge in [0.15, 0.2) is 5.82 Å². The molecule has 1 aromatic rings. The van der Waals surface area contributed by atoms with Crippen molar-refractivity contribution in [2.45, 2.75) is 12.8 Å². The molecule has 0 spiro atoms. The first-order chi connectivity index (χ1) is 8.56. The van der Waals surface area contributed by atoms with Gasteiger partial charge in [0, 0.05) is 19.2 Å². The number of nitrogens with zero attached hydrogens (tertiary/aromatic N) is 1. The minimum Gasteiger partial charge on any atom is -0.469 e. The summed E-state index contributed by atoms with van der Waals surface area (Å²) in [5.41, 5.74) is -0.416. The zero-order valence-electron chi connectivity index (χ0n) is 9.70. The van der Waals surface area contributed by atoms with Gasteiger partial charge in [-0.3, -0.25) is 9.59 Å². The van der Waals surface area contributed by atoms with E-state index in [0.717, 1.165) is 12.3 Å². The number of pyridine rings is 1. The second kappa shape index (κ2) is 6.63. The highest BCUT2D eigenvalue weighted by Crippen LogP contribution is 2.08. The Labute approximate surface area is 102 Å². The second-order valence-electron chi connectivity index (χ2n) is 3.40. The first-order valence-corrected chi connectivity index (χ1v) is 5.21. The largest absolute Gasteiger partial charge is 0.469 e. The van der Waals surface area contributed by atoms with E-state index in [9.17, 15) is 18.4 Å². The number of halogens is 2. The molecule has 7 heteroatoms. The monoisotopic (exact) mass is 258 g/mol. The van der Waals surface area contributed by atoms with Crippen LogP contribution >= 0.6 is 0 Å². The minimum absolute atomic E-state index is 0.143. The van der Waals surface area contributed by atoms with Crippen LogP contribution < -0.4 is 5.32 Å². The predicted octanol–water partition coefficient (Wildman–Crippen LogP) is 1.04. The van der Waals surface area contributed by atoms with E-state index in [1.54, 1.807) is 0 Å². The van der Waals surface area contributed by atoms with Crippen LogP contribution in [-0.2, 0) is 9.53 Å². The number of carbonyl (C=O) groups is 2. The number of nitrogens with one attached hydrogen (secondary N) is 1. The predicted molar refractivity (Wildman–Crippen MR) is 57.7 cm³/mol. The Hall–Kier alpha value is -2.05. The van der Waals surface area contributed by atoms with E-state index in [0.29, 0.717) is 6.42 Å². The lowest BCUT2D eigenvalue weighted by Crippen LogP contribution is -2.26. The molecule has 1 aromatic heterocycles. The standard InChI is InChI=1S/C11H12F2N2O3/c1-18-8(16)3-2-5-15-11(17)7-4-6-14-10(13)9(7)12/h4,6H,2-3,5H2,1H3,(H,15,17). The third-order valence-electron chi connectivity index (χ3n) is 2.16. The van der Waals surface area contributed by atoms with Crippen LogP contribution in [0.1, 0.15) is 23.2 Å². The summed E-state index contributed by atoms with van der Waals surface area (Å²) in [6, 6.07) is 1.08. The molecular formula is C11H12F2N2O3. The van der Waals surface area contributed by atoms with Crippen molar-refractivity contribution >= 4 is 11.9 Å². The minimum atomic E-state index is -1.32. The van der Waals surface area contributed by atoms with E-state index in [4.69, 9.17) is 0 Å². The zero-order chi connectivity index (χ0) is 13.5. The van der Waals surface area contributed by atoms with Crippen LogP contribution in [0.5, 0.6) is 0 Å². The maximum atomic E-state index is 13.2. The molecule has 0 unspecified atom stereocenters. The summed E-state index contributed by atoms with van der Waals surface area (Å²) in [4.78, 5) is 25.3. The smallest absolute Gasteiger partial charge is 0.305 e. The van der Waals surface area contributed by atoms with Crippen LogP contribution in [0.4, 0.5) is 8.78 Å². The highest BCUT2D eigenvalue weighted by atomic mass is 19.2. The molecule has 0 saturated carbocycles. The lowest BCUT2D eigenvalue weighted by molar-refractivity contribution is -0.140. The Morgan fingerprint density at radius 3 is 2.83 bits per heavy atom. The number of ether oxygens (including phenoxy) is 1. The topological polar surface area (TPSA) is 68.3 Å². The summed E-state index contributed by atoms with van der Waals surface area (Å²) in [5.74, 6) is -3.76. The van der Waals surface area contributed by atoms with Gasteiger partial charge in [-0.05, 0) is 12.5 Å². The SMILES string of the molecule is COC(=O)CCCNC(=O)c1ccnc(F)c1F. The van der Waals surface area contributed by atoms with Gasteiger partial charge in [0.1, 0.15) is 0 Å². The first-order valence-electron chi connectivity index (χ1n) is 5.21. The maximum Gasteiger partial charge on any atom is 0.305 e. The Kier molecular flexibility index (Phi) is 5.16. The molecule has 0 aliphatic heterocycles. The molecule has 1 rings (SSSR count). The van der Waals surface area contributed by atoms with Crippen LogP contribution in [0.15, 0.2) is 12.3 Å². The maximum absolute atomic E-state index is 13.2. The molecule has 0 saturated heterocycles. The van der Waals surface area contributed by atoms with Gasteiger partial charge < -0.3 is 10.1 Å². The van der Waals surface area contributed by atoms with Gasteiger partial charge in [-0.15, -0.1) is 0 Å². The molecule has 0 fully saturated rings. The van der Waals surface area contributed by atoms with Crippen molar-refractivity contribution in [3.8, 4) is 0 Å². The third kappa shape index (κ3) is 3.76. The Bertz CT molecular complexity index is 452. The summed E-state index contributed by atoms with van der Waals surface area (Å²) < 4.78 is 30.3. The van der Waals surface area contributed by atoms with Crippen molar-refractivity contribution in [1.29, 1.82) is 0 Å². The fourth-order valence-electron chi connectivity index (χ4n) is 1.23. The van der Waals surface area contributed by atoms with Crippen LogP contribution in [0.2, 0.25) is 0 Å². The molecule has 1 heterocycles. The van der Waals surface area contributed by atoms with Gasteiger partial charge in [-0.1, -0.05) is 0 Å². The Morgan fingerprint density at radius 1 is 1.44 bits per heavy atom. The van der Waals surface area contributed by atoms with Crippen LogP contribution in [0.3, 0.4) is 0 Å². The molecule has 98 valence electrons. The van der Waals surface area contributed by atoms with Gasteiger partial charge >= 0.3 is 5.97 Å². The van der Waals surface area contributed by atoms with Crippen molar-refractivity contribution in [1.82, 2.24) is 10.3 Å². The van der Waals surface area contributed by atoms with Crippen molar-refractivity contribution in [2.75, 3.05) is 13.7 Å².